The fraction of sp³-hybridized carbons (Fsp3) is 0.611. The summed E-state index contributed by atoms with van der Waals surface area (Å²) in [7, 11) is 1.67. The van der Waals surface area contributed by atoms with Crippen LogP contribution in [0.5, 0.6) is 0 Å². The van der Waals surface area contributed by atoms with Gasteiger partial charge in [0.05, 0.1) is 31.5 Å². The molecular formula is C18H32IN3O3. The summed E-state index contributed by atoms with van der Waals surface area (Å²) in [4.78, 5) is 4.47. The fourth-order valence-corrected chi connectivity index (χ4v) is 1.84. The molecule has 0 aliphatic heterocycles. The topological polar surface area (TPSA) is 75.1 Å². The van der Waals surface area contributed by atoms with E-state index in [0.717, 1.165) is 12.1 Å². The summed E-state index contributed by atoms with van der Waals surface area (Å²) < 4.78 is 10.9. The van der Waals surface area contributed by atoms with Crippen molar-refractivity contribution >= 4 is 29.9 Å². The van der Waals surface area contributed by atoms with Gasteiger partial charge in [-0.2, -0.15) is 0 Å². The van der Waals surface area contributed by atoms with Crippen LogP contribution in [0.4, 0.5) is 0 Å². The Kier molecular flexibility index (Phi) is 12.8. The summed E-state index contributed by atoms with van der Waals surface area (Å²) in [5, 5.41) is 16.3. The number of nitrogens with zero attached hydrogens (tertiary/aromatic N) is 1. The predicted octanol–water partition coefficient (Wildman–Crippen LogP) is 2.16. The zero-order chi connectivity index (χ0) is 17.8. The lowest BCUT2D eigenvalue weighted by Crippen LogP contribution is -2.43. The van der Waals surface area contributed by atoms with Gasteiger partial charge in [-0.3, -0.25) is 4.99 Å². The first kappa shape index (κ1) is 24.1. The van der Waals surface area contributed by atoms with E-state index in [1.54, 1.807) is 7.11 Å². The fourth-order valence-electron chi connectivity index (χ4n) is 1.84. The van der Waals surface area contributed by atoms with Crippen LogP contribution < -0.4 is 10.6 Å². The number of rotatable bonds is 10. The van der Waals surface area contributed by atoms with Crippen molar-refractivity contribution in [2.75, 3.05) is 33.4 Å². The smallest absolute Gasteiger partial charge is 0.191 e. The van der Waals surface area contributed by atoms with Crippen molar-refractivity contribution in [2.45, 2.75) is 39.1 Å². The molecule has 144 valence electrons. The highest BCUT2D eigenvalue weighted by Gasteiger charge is 2.16. The molecule has 0 heterocycles. The molecule has 1 atom stereocenters. The van der Waals surface area contributed by atoms with E-state index in [-0.39, 0.29) is 36.2 Å². The van der Waals surface area contributed by atoms with Gasteiger partial charge in [-0.1, -0.05) is 30.3 Å². The molecule has 0 bridgehead atoms. The third kappa shape index (κ3) is 11.4. The Morgan fingerprint density at radius 2 is 1.92 bits per heavy atom. The van der Waals surface area contributed by atoms with Crippen LogP contribution >= 0.6 is 24.0 Å². The molecule has 7 heteroatoms. The van der Waals surface area contributed by atoms with Crippen molar-refractivity contribution in [3.05, 3.63) is 35.9 Å². The number of guanidine groups is 1. The van der Waals surface area contributed by atoms with Crippen molar-refractivity contribution in [2.24, 2.45) is 4.99 Å². The second-order valence-electron chi connectivity index (χ2n) is 6.19. The maximum absolute atomic E-state index is 10.0. The van der Waals surface area contributed by atoms with Gasteiger partial charge in [0.15, 0.2) is 5.96 Å². The largest absolute Gasteiger partial charge is 0.389 e. The second kappa shape index (κ2) is 13.3. The monoisotopic (exact) mass is 465 g/mol. The Morgan fingerprint density at radius 3 is 2.52 bits per heavy atom. The minimum Gasteiger partial charge on any atom is -0.389 e. The molecule has 1 aromatic carbocycles. The van der Waals surface area contributed by atoms with Crippen molar-refractivity contribution in [3.63, 3.8) is 0 Å². The van der Waals surface area contributed by atoms with Gasteiger partial charge in [0.2, 0.25) is 0 Å². The van der Waals surface area contributed by atoms with Crippen LogP contribution in [0.25, 0.3) is 0 Å². The molecule has 0 radical (unpaired) electrons. The average molecular weight is 465 g/mol. The highest BCUT2D eigenvalue weighted by Crippen LogP contribution is 2.07. The second-order valence-corrected chi connectivity index (χ2v) is 6.19. The van der Waals surface area contributed by atoms with E-state index in [1.807, 2.05) is 51.1 Å². The van der Waals surface area contributed by atoms with E-state index < -0.39 is 6.10 Å². The van der Waals surface area contributed by atoms with Crippen molar-refractivity contribution < 1.29 is 14.6 Å². The maximum Gasteiger partial charge on any atom is 0.191 e. The number of halogens is 1. The van der Waals surface area contributed by atoms with Crippen LogP contribution in [0.15, 0.2) is 35.3 Å². The number of methoxy groups -OCH3 is 1. The van der Waals surface area contributed by atoms with E-state index in [4.69, 9.17) is 9.47 Å². The molecule has 0 spiro atoms. The summed E-state index contributed by atoms with van der Waals surface area (Å²) in [6.07, 6.45) is -0.604. The van der Waals surface area contributed by atoms with Gasteiger partial charge in [-0.15, -0.1) is 24.0 Å². The Labute approximate surface area is 168 Å². The zero-order valence-corrected chi connectivity index (χ0v) is 17.9. The van der Waals surface area contributed by atoms with E-state index in [1.165, 1.54) is 0 Å². The molecule has 0 aliphatic rings. The van der Waals surface area contributed by atoms with Crippen LogP contribution in [0.3, 0.4) is 0 Å². The first-order valence-corrected chi connectivity index (χ1v) is 8.34. The van der Waals surface area contributed by atoms with Gasteiger partial charge in [0, 0.05) is 20.2 Å². The maximum atomic E-state index is 10.0. The van der Waals surface area contributed by atoms with E-state index >= 15 is 0 Å². The number of benzene rings is 1. The van der Waals surface area contributed by atoms with Crippen molar-refractivity contribution in [1.82, 2.24) is 10.6 Å². The number of aliphatic imine (C=N–C) groups is 1. The number of hydrogen-bond donors (Lipinski definition) is 3. The van der Waals surface area contributed by atoms with Crippen LogP contribution in [0, 0.1) is 0 Å². The molecule has 1 aromatic rings. The Morgan fingerprint density at radius 1 is 1.24 bits per heavy atom. The van der Waals surface area contributed by atoms with Crippen molar-refractivity contribution in [1.29, 1.82) is 0 Å². The molecule has 0 aromatic heterocycles. The molecule has 1 unspecified atom stereocenters. The highest BCUT2D eigenvalue weighted by atomic mass is 127. The molecule has 0 aliphatic carbocycles. The Balaban J connectivity index is 0.00000576. The molecule has 1 rings (SSSR count). The summed E-state index contributed by atoms with van der Waals surface area (Å²) >= 11 is 0. The molecular weight excluding hydrogens is 433 g/mol. The van der Waals surface area contributed by atoms with Gasteiger partial charge >= 0.3 is 0 Å². The van der Waals surface area contributed by atoms with E-state index in [2.05, 4.69) is 15.6 Å². The number of aliphatic hydroxyl groups excluding tert-OH is 1. The molecule has 0 amide bonds. The summed E-state index contributed by atoms with van der Waals surface area (Å²) in [5.74, 6) is 0.657. The Hall–Kier alpha value is -0.900. The van der Waals surface area contributed by atoms with Crippen LogP contribution in [-0.2, 0) is 16.1 Å². The number of ether oxygens (including phenoxy) is 2. The van der Waals surface area contributed by atoms with Gasteiger partial charge < -0.3 is 25.2 Å². The quantitative estimate of drug-likeness (QED) is 0.281. The summed E-state index contributed by atoms with van der Waals surface area (Å²) in [6.45, 7) is 8.36. The molecule has 0 fully saturated rings. The van der Waals surface area contributed by atoms with Gasteiger partial charge in [0.1, 0.15) is 0 Å². The SMILES string of the molecule is CCNC(=NCC(C)(C)OC)NCC(O)COCc1ccccc1.I. The third-order valence-corrected chi connectivity index (χ3v) is 3.44. The molecule has 6 nitrogen and oxygen atoms in total. The summed E-state index contributed by atoms with van der Waals surface area (Å²) in [5.41, 5.74) is 0.772. The highest BCUT2D eigenvalue weighted by molar-refractivity contribution is 14.0. The lowest BCUT2D eigenvalue weighted by Gasteiger charge is -2.21. The van der Waals surface area contributed by atoms with Crippen LogP contribution in [-0.4, -0.2) is 56.1 Å². The van der Waals surface area contributed by atoms with Crippen molar-refractivity contribution in [3.8, 4) is 0 Å². The molecule has 0 saturated heterocycles. The number of hydrogen-bond acceptors (Lipinski definition) is 4. The molecule has 0 saturated carbocycles. The van der Waals surface area contributed by atoms with Gasteiger partial charge in [-0.05, 0) is 26.3 Å². The normalized spacial score (nSPS) is 13.1. The van der Waals surface area contributed by atoms with E-state index in [9.17, 15) is 5.11 Å². The minimum atomic E-state index is -0.604. The lowest BCUT2D eigenvalue weighted by atomic mass is 10.1. The number of aliphatic hydroxyl groups is 1. The predicted molar refractivity (Wildman–Crippen MR) is 113 cm³/mol. The Bertz CT molecular complexity index is 484. The lowest BCUT2D eigenvalue weighted by molar-refractivity contribution is 0.0296. The first-order chi connectivity index (χ1) is 11.5. The van der Waals surface area contributed by atoms with Gasteiger partial charge in [-0.25, -0.2) is 0 Å². The zero-order valence-electron chi connectivity index (χ0n) is 15.6. The molecule has 25 heavy (non-hydrogen) atoms. The third-order valence-electron chi connectivity index (χ3n) is 3.44. The van der Waals surface area contributed by atoms with E-state index in [0.29, 0.717) is 25.7 Å². The summed E-state index contributed by atoms with van der Waals surface area (Å²) in [6, 6.07) is 9.90. The first-order valence-electron chi connectivity index (χ1n) is 8.34. The number of nitrogens with one attached hydrogen (secondary N) is 2. The average Bonchev–Trinajstić information content (AvgIpc) is 2.58. The van der Waals surface area contributed by atoms with Crippen LogP contribution in [0.2, 0.25) is 0 Å². The standard InChI is InChI=1S/C18H31N3O3.HI/c1-5-19-17(21-14-18(2,3)23-4)20-11-16(22)13-24-12-15-9-7-6-8-10-15;/h6-10,16,22H,5,11-14H2,1-4H3,(H2,19,20,21);1H. The van der Waals surface area contributed by atoms with Gasteiger partial charge in [0.25, 0.3) is 0 Å². The minimum absolute atomic E-state index is 0. The molecule has 3 N–H and O–H groups in total. The van der Waals surface area contributed by atoms with Crippen LogP contribution in [0.1, 0.15) is 26.3 Å².